The minimum atomic E-state index is -1.06. The lowest BCUT2D eigenvalue weighted by Gasteiger charge is -2.34. The number of carbonyl (C=O) groups excluding carboxylic acids is 1. The molecule has 2 aromatic carbocycles. The Labute approximate surface area is 199 Å². The van der Waals surface area contributed by atoms with Crippen LogP contribution in [0.5, 0.6) is 5.75 Å². The minimum Gasteiger partial charge on any atom is -0.497 e. The normalized spacial score (nSPS) is 21.7. The Morgan fingerprint density at radius 3 is 2.48 bits per heavy atom. The van der Waals surface area contributed by atoms with Crippen LogP contribution in [0.4, 0.5) is 0 Å². The number of aromatic amines is 1. The first kappa shape index (κ1) is 22.0. The summed E-state index contributed by atoms with van der Waals surface area (Å²) in [5.74, 6) is -1.98. The third kappa shape index (κ3) is 4.02. The number of thiazole rings is 1. The molecular formula is C25H23NO5S2. The van der Waals surface area contributed by atoms with Gasteiger partial charge in [-0.05, 0) is 60.6 Å². The van der Waals surface area contributed by atoms with Crippen molar-refractivity contribution in [2.24, 2.45) is 5.92 Å². The maximum atomic E-state index is 13.9. The molecule has 0 saturated heterocycles. The standard InChI is InChI=1S/C25H23NO5S2/c1-31-17-10-8-14(9-11-17)18-19(22(24(28)29)32-23-21(18)33-25(30)26-23)20(27)16-7-6-13-4-2-3-5-15(13)12-16/h6-12,18-19,22H,2-5H2,1H3,(H,26,30)(H,28,29)/t18-,19+,22+/m1/s1. The molecule has 2 heterocycles. The summed E-state index contributed by atoms with van der Waals surface area (Å²) in [7, 11) is 1.57. The predicted molar refractivity (Wildman–Crippen MR) is 128 cm³/mol. The van der Waals surface area contributed by atoms with Crippen LogP contribution in [0.15, 0.2) is 52.3 Å². The number of carboxylic acid groups (broad SMARTS) is 1. The Hall–Kier alpha value is -2.84. The number of methoxy groups -OCH3 is 1. The van der Waals surface area contributed by atoms with Crippen molar-refractivity contribution in [1.29, 1.82) is 0 Å². The lowest BCUT2D eigenvalue weighted by atomic mass is 9.77. The molecule has 3 atom stereocenters. The van der Waals surface area contributed by atoms with Crippen molar-refractivity contribution < 1.29 is 19.4 Å². The van der Waals surface area contributed by atoms with Crippen LogP contribution in [-0.4, -0.2) is 34.2 Å². The number of benzene rings is 2. The number of fused-ring (bicyclic) bond motifs is 2. The summed E-state index contributed by atoms with van der Waals surface area (Å²) in [4.78, 5) is 41.7. The molecule has 2 aliphatic rings. The molecule has 0 spiro atoms. The zero-order valence-corrected chi connectivity index (χ0v) is 19.6. The summed E-state index contributed by atoms with van der Waals surface area (Å²) in [5.41, 5.74) is 3.77. The molecule has 33 heavy (non-hydrogen) atoms. The third-order valence-electron chi connectivity index (χ3n) is 6.51. The second-order valence-corrected chi connectivity index (χ2v) is 10.6. The zero-order chi connectivity index (χ0) is 23.1. The van der Waals surface area contributed by atoms with Gasteiger partial charge in [0, 0.05) is 16.4 Å². The Balaban J connectivity index is 1.64. The van der Waals surface area contributed by atoms with E-state index in [0.29, 0.717) is 21.2 Å². The molecule has 0 unspecified atom stereocenters. The van der Waals surface area contributed by atoms with Crippen LogP contribution in [0, 0.1) is 5.92 Å². The molecule has 3 aromatic rings. The van der Waals surface area contributed by atoms with Gasteiger partial charge in [0.05, 0.1) is 18.1 Å². The molecule has 6 nitrogen and oxygen atoms in total. The Morgan fingerprint density at radius 1 is 1.06 bits per heavy atom. The summed E-state index contributed by atoms with van der Waals surface area (Å²) >= 11 is 2.11. The average Bonchev–Trinajstić information content (AvgIpc) is 3.22. The van der Waals surface area contributed by atoms with Crippen LogP contribution in [0.1, 0.15) is 50.7 Å². The number of hydrogen-bond acceptors (Lipinski definition) is 6. The van der Waals surface area contributed by atoms with E-state index >= 15 is 0 Å². The van der Waals surface area contributed by atoms with Crippen LogP contribution < -0.4 is 9.61 Å². The van der Waals surface area contributed by atoms with Crippen molar-refractivity contribution in [3.8, 4) is 5.75 Å². The number of carboxylic acids is 1. The van der Waals surface area contributed by atoms with Gasteiger partial charge in [0.25, 0.3) is 0 Å². The van der Waals surface area contributed by atoms with E-state index in [1.165, 1.54) is 11.1 Å². The summed E-state index contributed by atoms with van der Waals surface area (Å²) in [6, 6.07) is 13.1. The van der Waals surface area contributed by atoms with E-state index in [9.17, 15) is 19.5 Å². The summed E-state index contributed by atoms with van der Waals surface area (Å²) in [6.07, 6.45) is 4.19. The smallest absolute Gasteiger partial charge is 0.317 e. The molecule has 1 aromatic heterocycles. The van der Waals surface area contributed by atoms with E-state index in [4.69, 9.17) is 4.74 Å². The molecule has 0 saturated carbocycles. The van der Waals surface area contributed by atoms with Gasteiger partial charge in [-0.2, -0.15) is 0 Å². The van der Waals surface area contributed by atoms with E-state index < -0.39 is 23.1 Å². The topological polar surface area (TPSA) is 96.5 Å². The van der Waals surface area contributed by atoms with E-state index in [-0.39, 0.29) is 10.7 Å². The van der Waals surface area contributed by atoms with Crippen molar-refractivity contribution in [2.45, 2.75) is 41.9 Å². The maximum absolute atomic E-state index is 13.9. The lowest BCUT2D eigenvalue weighted by molar-refractivity contribution is -0.137. The SMILES string of the molecule is COc1ccc([C@H]2c3sc(=O)[nH]c3S[C@H](C(=O)O)[C@@H]2C(=O)c2ccc3c(c2)CCCC3)cc1. The molecule has 2 N–H and O–H groups in total. The van der Waals surface area contributed by atoms with Crippen molar-refractivity contribution >= 4 is 34.9 Å². The van der Waals surface area contributed by atoms with Gasteiger partial charge < -0.3 is 14.8 Å². The number of ether oxygens (including phenoxy) is 1. The number of aromatic nitrogens is 1. The second-order valence-electron chi connectivity index (χ2n) is 8.42. The van der Waals surface area contributed by atoms with Gasteiger partial charge in [-0.1, -0.05) is 47.4 Å². The van der Waals surface area contributed by atoms with Gasteiger partial charge in [0.15, 0.2) is 5.78 Å². The fraction of sp³-hybridized carbons (Fsp3) is 0.320. The molecule has 1 aliphatic heterocycles. The van der Waals surface area contributed by atoms with Gasteiger partial charge in [-0.25, -0.2) is 0 Å². The van der Waals surface area contributed by atoms with Crippen LogP contribution in [0.3, 0.4) is 0 Å². The van der Waals surface area contributed by atoms with Gasteiger partial charge >= 0.3 is 10.8 Å². The molecule has 0 bridgehead atoms. The average molecular weight is 482 g/mol. The first-order valence-electron chi connectivity index (χ1n) is 10.9. The highest BCUT2D eigenvalue weighted by atomic mass is 32.2. The summed E-state index contributed by atoms with van der Waals surface area (Å²) in [6.45, 7) is 0. The van der Waals surface area contributed by atoms with Crippen molar-refractivity contribution in [3.05, 3.63) is 79.3 Å². The number of aliphatic carboxylic acids is 1. The molecular weight excluding hydrogens is 458 g/mol. The summed E-state index contributed by atoms with van der Waals surface area (Å²) < 4.78 is 5.27. The van der Waals surface area contributed by atoms with Crippen LogP contribution in [-0.2, 0) is 17.6 Å². The van der Waals surface area contributed by atoms with Gasteiger partial charge in [-0.15, -0.1) is 0 Å². The second kappa shape index (κ2) is 8.83. The first-order valence-corrected chi connectivity index (χ1v) is 12.6. The number of aryl methyl sites for hydroxylation is 2. The number of thioether (sulfide) groups is 1. The maximum Gasteiger partial charge on any atom is 0.317 e. The van der Waals surface area contributed by atoms with Gasteiger partial charge in [-0.3, -0.25) is 14.4 Å². The highest BCUT2D eigenvalue weighted by Crippen LogP contribution is 2.50. The van der Waals surface area contributed by atoms with Crippen molar-refractivity contribution in [3.63, 3.8) is 0 Å². The van der Waals surface area contributed by atoms with Crippen molar-refractivity contribution in [1.82, 2.24) is 4.98 Å². The number of hydrogen-bond donors (Lipinski definition) is 2. The quantitative estimate of drug-likeness (QED) is 0.521. The predicted octanol–water partition coefficient (Wildman–Crippen LogP) is 4.51. The van der Waals surface area contributed by atoms with Crippen LogP contribution in [0.2, 0.25) is 0 Å². The monoisotopic (exact) mass is 481 g/mol. The highest BCUT2D eigenvalue weighted by molar-refractivity contribution is 8.00. The van der Waals surface area contributed by atoms with Gasteiger partial charge in [0.1, 0.15) is 11.0 Å². The largest absolute Gasteiger partial charge is 0.497 e. The fourth-order valence-electron chi connectivity index (χ4n) is 4.90. The number of H-pyrrole nitrogens is 1. The van der Waals surface area contributed by atoms with Crippen LogP contribution in [0.25, 0.3) is 0 Å². The van der Waals surface area contributed by atoms with E-state index in [0.717, 1.165) is 54.3 Å². The van der Waals surface area contributed by atoms with E-state index in [1.54, 1.807) is 19.2 Å². The zero-order valence-electron chi connectivity index (χ0n) is 18.0. The summed E-state index contributed by atoms with van der Waals surface area (Å²) in [5, 5.41) is 9.61. The van der Waals surface area contributed by atoms with E-state index in [2.05, 4.69) is 4.98 Å². The number of Topliss-reactive ketones (excluding diaryl/α,β-unsaturated/α-hetero) is 1. The minimum absolute atomic E-state index is 0.199. The number of nitrogens with one attached hydrogen (secondary N) is 1. The third-order valence-corrected chi connectivity index (χ3v) is 8.91. The lowest BCUT2D eigenvalue weighted by Crippen LogP contribution is -2.39. The Bertz CT molecular complexity index is 1280. The Kier molecular flexibility index (Phi) is 5.88. The number of rotatable bonds is 5. The molecule has 8 heteroatoms. The van der Waals surface area contributed by atoms with Gasteiger partial charge in [0.2, 0.25) is 0 Å². The molecule has 0 amide bonds. The number of ketones is 1. The first-order chi connectivity index (χ1) is 16.0. The molecule has 1 aliphatic carbocycles. The van der Waals surface area contributed by atoms with E-state index in [1.807, 2.05) is 30.3 Å². The highest BCUT2D eigenvalue weighted by Gasteiger charge is 2.47. The molecule has 0 fully saturated rings. The van der Waals surface area contributed by atoms with Crippen molar-refractivity contribution in [2.75, 3.05) is 7.11 Å². The molecule has 170 valence electrons. The fourth-order valence-corrected chi connectivity index (χ4v) is 7.32. The molecule has 0 radical (unpaired) electrons. The Morgan fingerprint density at radius 2 is 1.79 bits per heavy atom. The number of carbonyl (C=O) groups is 2. The van der Waals surface area contributed by atoms with Crippen LogP contribution >= 0.6 is 23.1 Å². The molecule has 5 rings (SSSR count).